The first kappa shape index (κ1) is 27.9. The summed E-state index contributed by atoms with van der Waals surface area (Å²) in [5, 5.41) is 6.64. The molecular formula is C21H35F3IN5O. The van der Waals surface area contributed by atoms with E-state index in [1.165, 1.54) is 0 Å². The number of likely N-dealkylation sites (N-methyl/N-ethyl adjacent to an activating group) is 1. The van der Waals surface area contributed by atoms with Crippen molar-refractivity contribution in [2.75, 3.05) is 60.0 Å². The quantitative estimate of drug-likeness (QED) is 0.278. The first-order valence-corrected chi connectivity index (χ1v) is 10.3. The van der Waals surface area contributed by atoms with Crippen molar-refractivity contribution >= 4 is 29.9 Å². The molecule has 1 aromatic rings. The molecule has 0 aliphatic carbocycles. The summed E-state index contributed by atoms with van der Waals surface area (Å²) in [6, 6.07) is 7.31. The van der Waals surface area contributed by atoms with Gasteiger partial charge in [0.1, 0.15) is 6.61 Å². The van der Waals surface area contributed by atoms with Crippen molar-refractivity contribution in [2.24, 2.45) is 10.9 Å². The summed E-state index contributed by atoms with van der Waals surface area (Å²) in [6.07, 6.45) is -4.30. The van der Waals surface area contributed by atoms with Gasteiger partial charge in [0, 0.05) is 52.9 Å². The highest BCUT2D eigenvalue weighted by Crippen LogP contribution is 2.15. The smallest absolute Gasteiger partial charge is 0.367 e. The lowest BCUT2D eigenvalue weighted by atomic mass is 10.1. The number of guanidine groups is 1. The van der Waals surface area contributed by atoms with Crippen LogP contribution < -0.4 is 10.6 Å². The number of ether oxygens (including phenoxy) is 1. The molecule has 0 spiro atoms. The van der Waals surface area contributed by atoms with E-state index >= 15 is 0 Å². The predicted molar refractivity (Wildman–Crippen MR) is 129 cm³/mol. The van der Waals surface area contributed by atoms with Gasteiger partial charge in [-0.05, 0) is 24.1 Å². The Balaban J connectivity index is 0.00000480. The zero-order chi connectivity index (χ0) is 22.0. The van der Waals surface area contributed by atoms with Crippen molar-refractivity contribution in [3.8, 4) is 0 Å². The number of benzene rings is 1. The van der Waals surface area contributed by atoms with Gasteiger partial charge in [0.25, 0.3) is 0 Å². The summed E-state index contributed by atoms with van der Waals surface area (Å²) in [4.78, 5) is 9.12. The molecule has 0 bridgehead atoms. The first-order chi connectivity index (χ1) is 14.2. The summed E-state index contributed by atoms with van der Waals surface area (Å²) in [6.45, 7) is 7.90. The molecular weight excluding hydrogens is 522 g/mol. The van der Waals surface area contributed by atoms with Crippen LogP contribution in [0.3, 0.4) is 0 Å². The van der Waals surface area contributed by atoms with E-state index in [0.717, 1.165) is 50.8 Å². The number of piperazine rings is 1. The van der Waals surface area contributed by atoms with E-state index in [9.17, 15) is 13.2 Å². The van der Waals surface area contributed by atoms with E-state index in [2.05, 4.69) is 44.1 Å². The number of nitrogens with one attached hydrogen (secondary N) is 2. The number of aliphatic imine (C=N–C) groups is 1. The van der Waals surface area contributed by atoms with Gasteiger partial charge in [-0.1, -0.05) is 31.2 Å². The Morgan fingerprint density at radius 3 is 2.29 bits per heavy atom. The lowest BCUT2D eigenvalue weighted by Crippen LogP contribution is -2.47. The Morgan fingerprint density at radius 2 is 1.71 bits per heavy atom. The molecule has 0 amide bonds. The molecule has 1 unspecified atom stereocenters. The molecule has 1 aliphatic rings. The molecule has 178 valence electrons. The maximum absolute atomic E-state index is 12.1. The summed E-state index contributed by atoms with van der Waals surface area (Å²) in [5.41, 5.74) is 1.73. The number of nitrogens with zero attached hydrogens (tertiary/aromatic N) is 3. The predicted octanol–water partition coefficient (Wildman–Crippen LogP) is 2.93. The van der Waals surface area contributed by atoms with Crippen molar-refractivity contribution < 1.29 is 17.9 Å². The van der Waals surface area contributed by atoms with Crippen molar-refractivity contribution in [1.29, 1.82) is 0 Å². The fourth-order valence-electron chi connectivity index (χ4n) is 3.25. The van der Waals surface area contributed by atoms with Gasteiger partial charge < -0.3 is 25.2 Å². The van der Waals surface area contributed by atoms with Gasteiger partial charge in [-0.25, -0.2) is 0 Å². The Hall–Kier alpha value is -1.11. The van der Waals surface area contributed by atoms with Crippen LogP contribution in [0.25, 0.3) is 0 Å². The van der Waals surface area contributed by atoms with Crippen molar-refractivity contribution in [1.82, 2.24) is 20.4 Å². The van der Waals surface area contributed by atoms with Crippen LogP contribution >= 0.6 is 24.0 Å². The normalized spacial score (nSPS) is 17.2. The molecule has 1 fully saturated rings. The minimum absolute atomic E-state index is 0. The van der Waals surface area contributed by atoms with Gasteiger partial charge >= 0.3 is 6.18 Å². The minimum atomic E-state index is -4.30. The van der Waals surface area contributed by atoms with Gasteiger partial charge in [0.2, 0.25) is 0 Å². The van der Waals surface area contributed by atoms with Crippen molar-refractivity contribution in [2.45, 2.75) is 26.3 Å². The summed E-state index contributed by atoms with van der Waals surface area (Å²) < 4.78 is 41.0. The molecule has 1 saturated heterocycles. The average Bonchev–Trinajstić information content (AvgIpc) is 2.70. The molecule has 0 radical (unpaired) electrons. The van der Waals surface area contributed by atoms with Crippen LogP contribution in [-0.4, -0.2) is 81.9 Å². The summed E-state index contributed by atoms with van der Waals surface area (Å²) in [7, 11) is 3.90. The van der Waals surface area contributed by atoms with Crippen LogP contribution in [0, 0.1) is 5.92 Å². The van der Waals surface area contributed by atoms with Gasteiger partial charge in [0.05, 0.1) is 6.61 Å². The van der Waals surface area contributed by atoms with E-state index in [1.807, 2.05) is 12.1 Å². The maximum Gasteiger partial charge on any atom is 0.411 e. The molecule has 31 heavy (non-hydrogen) atoms. The Kier molecular flexibility index (Phi) is 12.7. The van der Waals surface area contributed by atoms with Gasteiger partial charge in [-0.3, -0.25) is 4.99 Å². The number of alkyl halides is 3. The third kappa shape index (κ3) is 11.9. The second-order valence-corrected chi connectivity index (χ2v) is 7.94. The lowest BCUT2D eigenvalue weighted by molar-refractivity contribution is -0.176. The monoisotopic (exact) mass is 557 g/mol. The van der Waals surface area contributed by atoms with Gasteiger partial charge in [0.15, 0.2) is 5.96 Å². The highest BCUT2D eigenvalue weighted by atomic mass is 127. The number of rotatable bonds is 9. The number of halogens is 4. The van der Waals surface area contributed by atoms with Crippen molar-refractivity contribution in [3.63, 3.8) is 0 Å². The van der Waals surface area contributed by atoms with Gasteiger partial charge in [-0.2, -0.15) is 13.2 Å². The van der Waals surface area contributed by atoms with Gasteiger partial charge in [-0.15, -0.1) is 24.0 Å². The third-order valence-electron chi connectivity index (χ3n) is 5.02. The molecule has 1 aromatic carbocycles. The molecule has 1 aliphatic heterocycles. The molecule has 6 nitrogen and oxygen atoms in total. The average molecular weight is 557 g/mol. The zero-order valence-electron chi connectivity index (χ0n) is 18.5. The third-order valence-corrected chi connectivity index (χ3v) is 5.02. The van der Waals surface area contributed by atoms with Crippen LogP contribution in [0.5, 0.6) is 0 Å². The number of hydrogen-bond acceptors (Lipinski definition) is 4. The molecule has 1 heterocycles. The Labute approximate surface area is 200 Å². The largest absolute Gasteiger partial charge is 0.411 e. The SMILES string of the molecule is CN=C(NCc1ccc(COCC(F)(F)F)cc1)NCC(C)CN1CCN(C)CC1.I. The standard InChI is InChI=1S/C21H34F3N5O.HI/c1-17(14-29-10-8-28(3)9-11-29)12-26-20(25-2)27-13-18-4-6-19(7-5-18)15-30-16-21(22,23)24;/h4-7,17H,8-16H2,1-3H3,(H2,25,26,27);1H. The highest BCUT2D eigenvalue weighted by Gasteiger charge is 2.27. The van der Waals surface area contributed by atoms with Crippen molar-refractivity contribution in [3.05, 3.63) is 35.4 Å². The minimum Gasteiger partial charge on any atom is -0.367 e. The van der Waals surface area contributed by atoms with Crippen LogP contribution in [0.15, 0.2) is 29.3 Å². The Bertz CT molecular complexity index is 649. The molecule has 1 atom stereocenters. The molecule has 10 heteroatoms. The highest BCUT2D eigenvalue weighted by molar-refractivity contribution is 14.0. The zero-order valence-corrected chi connectivity index (χ0v) is 20.9. The second-order valence-electron chi connectivity index (χ2n) is 7.94. The second kappa shape index (κ2) is 14.1. The van der Waals surface area contributed by atoms with Crippen LogP contribution in [0.4, 0.5) is 13.2 Å². The molecule has 0 aromatic heterocycles. The van der Waals surface area contributed by atoms with E-state index in [1.54, 1.807) is 19.2 Å². The molecule has 0 saturated carbocycles. The summed E-state index contributed by atoms with van der Waals surface area (Å²) in [5.74, 6) is 1.24. The Morgan fingerprint density at radius 1 is 1.10 bits per heavy atom. The van der Waals surface area contributed by atoms with E-state index in [-0.39, 0.29) is 30.6 Å². The van der Waals surface area contributed by atoms with E-state index < -0.39 is 12.8 Å². The molecule has 2 N–H and O–H groups in total. The van der Waals surface area contributed by atoms with Crippen LogP contribution in [0.1, 0.15) is 18.1 Å². The number of hydrogen-bond donors (Lipinski definition) is 2. The lowest BCUT2D eigenvalue weighted by Gasteiger charge is -2.34. The summed E-state index contributed by atoms with van der Waals surface area (Å²) >= 11 is 0. The van der Waals surface area contributed by atoms with Crippen LogP contribution in [0.2, 0.25) is 0 Å². The van der Waals surface area contributed by atoms with E-state index in [0.29, 0.717) is 18.0 Å². The topological polar surface area (TPSA) is 52.1 Å². The first-order valence-electron chi connectivity index (χ1n) is 10.3. The van der Waals surface area contributed by atoms with Crippen LogP contribution in [-0.2, 0) is 17.9 Å². The van der Waals surface area contributed by atoms with E-state index in [4.69, 9.17) is 0 Å². The fraction of sp³-hybridized carbons (Fsp3) is 0.667. The maximum atomic E-state index is 12.1. The molecule has 2 rings (SSSR count). The fourth-order valence-corrected chi connectivity index (χ4v) is 3.25.